The van der Waals surface area contributed by atoms with Crippen LogP contribution in [-0.2, 0) is 16.0 Å². The van der Waals surface area contributed by atoms with Gasteiger partial charge in [-0.1, -0.05) is 0 Å². The van der Waals surface area contributed by atoms with Crippen LogP contribution in [0.5, 0.6) is 0 Å². The monoisotopic (exact) mass is 315 g/mol. The fourth-order valence-corrected chi connectivity index (χ4v) is 3.47. The molecule has 1 fully saturated rings. The standard InChI is InChI=1S/C14H15F2NO3S/c1-9-5-11(21-12(9)8-19)3-2-4-17-10(7-18)6-14(15,16)13(17)20/h5,7-8,10H,2-4,6H2,1H3/t10-/m1/s1. The summed E-state index contributed by atoms with van der Waals surface area (Å²) in [6.07, 6.45) is 1.52. The molecule has 7 heteroatoms. The zero-order valence-corrected chi connectivity index (χ0v) is 12.3. The molecule has 0 unspecified atom stereocenters. The highest BCUT2D eigenvalue weighted by Crippen LogP contribution is 2.33. The molecule has 1 aromatic rings. The van der Waals surface area contributed by atoms with Crippen molar-refractivity contribution in [2.24, 2.45) is 0 Å². The quantitative estimate of drug-likeness (QED) is 0.757. The van der Waals surface area contributed by atoms with Gasteiger partial charge in [0.2, 0.25) is 0 Å². The lowest BCUT2D eigenvalue weighted by molar-refractivity contribution is -0.148. The fourth-order valence-electron chi connectivity index (χ4n) is 2.44. The van der Waals surface area contributed by atoms with Crippen molar-refractivity contribution in [3.63, 3.8) is 0 Å². The van der Waals surface area contributed by atoms with Crippen molar-refractivity contribution in [3.05, 3.63) is 21.4 Å². The molecule has 114 valence electrons. The van der Waals surface area contributed by atoms with Gasteiger partial charge in [-0.3, -0.25) is 9.59 Å². The van der Waals surface area contributed by atoms with Crippen molar-refractivity contribution in [1.29, 1.82) is 0 Å². The highest BCUT2D eigenvalue weighted by atomic mass is 32.1. The van der Waals surface area contributed by atoms with E-state index in [1.807, 2.05) is 13.0 Å². The second kappa shape index (κ2) is 6.01. The molecule has 2 rings (SSSR count). The van der Waals surface area contributed by atoms with Crippen LogP contribution in [-0.4, -0.2) is 41.9 Å². The molecule has 1 aliphatic rings. The zero-order valence-electron chi connectivity index (χ0n) is 11.5. The van der Waals surface area contributed by atoms with E-state index < -0.39 is 24.3 Å². The van der Waals surface area contributed by atoms with Crippen molar-refractivity contribution >= 4 is 29.8 Å². The first-order chi connectivity index (χ1) is 9.89. The normalized spacial score (nSPS) is 20.8. The van der Waals surface area contributed by atoms with Crippen LogP contribution in [0.1, 0.15) is 33.0 Å². The van der Waals surface area contributed by atoms with Crippen LogP contribution in [0.3, 0.4) is 0 Å². The summed E-state index contributed by atoms with van der Waals surface area (Å²) in [5.41, 5.74) is 0.888. The number of aldehydes is 2. The van der Waals surface area contributed by atoms with Gasteiger partial charge < -0.3 is 9.69 Å². The third-order valence-corrected chi connectivity index (χ3v) is 4.76. The number of alkyl halides is 2. The van der Waals surface area contributed by atoms with Crippen LogP contribution in [0, 0.1) is 6.92 Å². The Hall–Kier alpha value is -1.63. The number of carbonyl (C=O) groups is 3. The van der Waals surface area contributed by atoms with Crippen LogP contribution in [0.2, 0.25) is 0 Å². The minimum atomic E-state index is -3.43. The Morgan fingerprint density at radius 3 is 2.76 bits per heavy atom. The number of halogens is 2. The van der Waals surface area contributed by atoms with E-state index in [0.717, 1.165) is 21.6 Å². The molecule has 1 saturated heterocycles. The zero-order chi connectivity index (χ0) is 15.6. The molecule has 1 atom stereocenters. The molecule has 0 N–H and O–H groups in total. The second-order valence-corrected chi connectivity index (χ2v) is 6.26. The third-order valence-electron chi connectivity index (χ3n) is 3.53. The first-order valence-electron chi connectivity index (χ1n) is 6.57. The number of nitrogens with zero attached hydrogens (tertiary/aromatic N) is 1. The van der Waals surface area contributed by atoms with Gasteiger partial charge in [-0.15, -0.1) is 11.3 Å². The number of hydrogen-bond acceptors (Lipinski definition) is 4. The molecule has 21 heavy (non-hydrogen) atoms. The number of aryl methyl sites for hydroxylation is 2. The molecule has 0 spiro atoms. The molecule has 4 nitrogen and oxygen atoms in total. The van der Waals surface area contributed by atoms with Crippen molar-refractivity contribution in [1.82, 2.24) is 4.90 Å². The highest BCUT2D eigenvalue weighted by Gasteiger charge is 2.52. The van der Waals surface area contributed by atoms with Crippen LogP contribution in [0.15, 0.2) is 6.07 Å². The largest absolute Gasteiger partial charge is 0.327 e. The number of likely N-dealkylation sites (tertiary alicyclic amines) is 1. The van der Waals surface area contributed by atoms with E-state index >= 15 is 0 Å². The lowest BCUT2D eigenvalue weighted by atomic mass is 10.2. The van der Waals surface area contributed by atoms with Crippen molar-refractivity contribution in [2.45, 2.75) is 38.2 Å². The maximum atomic E-state index is 13.3. The molecule has 0 aromatic carbocycles. The molecule has 1 amide bonds. The Labute approximate surface area is 124 Å². The summed E-state index contributed by atoms with van der Waals surface area (Å²) in [6, 6.07) is 0.842. The van der Waals surface area contributed by atoms with Crippen LogP contribution >= 0.6 is 11.3 Å². The van der Waals surface area contributed by atoms with Gasteiger partial charge in [0.05, 0.1) is 10.9 Å². The fraction of sp³-hybridized carbons (Fsp3) is 0.500. The van der Waals surface area contributed by atoms with Gasteiger partial charge >= 0.3 is 5.92 Å². The minimum absolute atomic E-state index is 0.116. The molecular formula is C14H15F2NO3S. The highest BCUT2D eigenvalue weighted by molar-refractivity contribution is 7.13. The lowest BCUT2D eigenvalue weighted by Crippen LogP contribution is -2.37. The summed E-state index contributed by atoms with van der Waals surface area (Å²) in [5.74, 6) is -4.70. The summed E-state index contributed by atoms with van der Waals surface area (Å²) >= 11 is 1.36. The SMILES string of the molecule is Cc1cc(CCCN2C(=O)C(F)(F)C[C@@H]2C=O)sc1C=O. The van der Waals surface area contributed by atoms with Gasteiger partial charge in [0, 0.05) is 17.8 Å². The van der Waals surface area contributed by atoms with E-state index in [9.17, 15) is 23.2 Å². The molecule has 0 bridgehead atoms. The number of thiophene rings is 1. The maximum Gasteiger partial charge on any atom is 0.327 e. The second-order valence-electron chi connectivity index (χ2n) is 5.09. The smallest absolute Gasteiger partial charge is 0.327 e. The minimum Gasteiger partial charge on any atom is -0.327 e. The summed E-state index contributed by atoms with van der Waals surface area (Å²) in [4.78, 5) is 35.7. The summed E-state index contributed by atoms with van der Waals surface area (Å²) in [5, 5.41) is 0. The van der Waals surface area contributed by atoms with Gasteiger partial charge in [0.1, 0.15) is 6.29 Å². The molecule has 1 aliphatic heterocycles. The third kappa shape index (κ3) is 3.18. The van der Waals surface area contributed by atoms with Crippen LogP contribution in [0.25, 0.3) is 0 Å². The summed E-state index contributed by atoms with van der Waals surface area (Å²) in [7, 11) is 0. The number of amides is 1. The van der Waals surface area contributed by atoms with Gasteiger partial charge in [0.15, 0.2) is 6.29 Å². The van der Waals surface area contributed by atoms with Gasteiger partial charge in [-0.25, -0.2) is 0 Å². The summed E-state index contributed by atoms with van der Waals surface area (Å²) < 4.78 is 26.6. The van der Waals surface area contributed by atoms with Crippen molar-refractivity contribution < 1.29 is 23.2 Å². The van der Waals surface area contributed by atoms with E-state index in [0.29, 0.717) is 24.0 Å². The van der Waals surface area contributed by atoms with E-state index in [1.54, 1.807) is 0 Å². The van der Waals surface area contributed by atoms with Gasteiger partial charge in [0.25, 0.3) is 5.91 Å². The predicted octanol–water partition coefficient (Wildman–Crippen LogP) is 2.24. The topological polar surface area (TPSA) is 54.5 Å². The molecular weight excluding hydrogens is 300 g/mol. The molecule has 0 radical (unpaired) electrons. The van der Waals surface area contributed by atoms with E-state index in [-0.39, 0.29) is 6.54 Å². The number of carbonyl (C=O) groups excluding carboxylic acids is 3. The van der Waals surface area contributed by atoms with Crippen molar-refractivity contribution in [2.75, 3.05) is 6.54 Å². The summed E-state index contributed by atoms with van der Waals surface area (Å²) in [6.45, 7) is 1.95. The Morgan fingerprint density at radius 2 is 2.19 bits per heavy atom. The van der Waals surface area contributed by atoms with Crippen LogP contribution < -0.4 is 0 Å². The first-order valence-corrected chi connectivity index (χ1v) is 7.39. The Balaban J connectivity index is 1.94. The van der Waals surface area contributed by atoms with Gasteiger partial charge in [-0.05, 0) is 31.4 Å². The van der Waals surface area contributed by atoms with E-state index in [1.165, 1.54) is 11.3 Å². The molecule has 1 aromatic heterocycles. The Morgan fingerprint density at radius 1 is 1.48 bits per heavy atom. The molecule has 0 saturated carbocycles. The Kier molecular flexibility index (Phi) is 4.51. The maximum absolute atomic E-state index is 13.3. The number of rotatable bonds is 6. The van der Waals surface area contributed by atoms with Crippen molar-refractivity contribution in [3.8, 4) is 0 Å². The average molecular weight is 315 g/mol. The first kappa shape index (κ1) is 15.8. The molecule has 0 aliphatic carbocycles. The molecule has 2 heterocycles. The van der Waals surface area contributed by atoms with Gasteiger partial charge in [-0.2, -0.15) is 8.78 Å². The van der Waals surface area contributed by atoms with Crippen LogP contribution in [0.4, 0.5) is 8.78 Å². The Bertz CT molecular complexity index is 571. The lowest BCUT2D eigenvalue weighted by Gasteiger charge is -2.19. The number of hydrogen-bond donors (Lipinski definition) is 0. The predicted molar refractivity (Wildman–Crippen MR) is 73.9 cm³/mol. The van der Waals surface area contributed by atoms with E-state index in [2.05, 4.69) is 0 Å². The average Bonchev–Trinajstić information content (AvgIpc) is 2.90. The van der Waals surface area contributed by atoms with E-state index in [4.69, 9.17) is 0 Å².